The molecule has 102 valence electrons. The van der Waals surface area contributed by atoms with Gasteiger partial charge >= 0.3 is 10.4 Å². The highest BCUT2D eigenvalue weighted by molar-refractivity contribution is 7.80. The zero-order valence-corrected chi connectivity index (χ0v) is 10.4. The van der Waals surface area contributed by atoms with Crippen molar-refractivity contribution in [3.63, 3.8) is 0 Å². The van der Waals surface area contributed by atoms with Gasteiger partial charge in [-0.05, 0) is 0 Å². The Hall–Kier alpha value is -0.290. The summed E-state index contributed by atoms with van der Waals surface area (Å²) in [6.07, 6.45) is -1.67. The molecule has 4 atom stereocenters. The highest BCUT2D eigenvalue weighted by atomic mass is 32.3. The molecule has 0 amide bonds. The Kier molecular flexibility index (Phi) is 5.25. The second-order valence-corrected chi connectivity index (χ2v) is 4.74. The van der Waals surface area contributed by atoms with Crippen LogP contribution in [0.15, 0.2) is 0 Å². The van der Waals surface area contributed by atoms with Gasteiger partial charge in [0.15, 0.2) is 0 Å². The molecule has 0 bridgehead atoms. The summed E-state index contributed by atoms with van der Waals surface area (Å²) in [5, 5.41) is 0. The van der Waals surface area contributed by atoms with E-state index in [1.54, 1.807) is 0 Å². The Morgan fingerprint density at radius 3 is 2.41 bits per heavy atom. The van der Waals surface area contributed by atoms with E-state index in [1.807, 2.05) is 0 Å². The Bertz CT molecular complexity index is 333. The van der Waals surface area contributed by atoms with Gasteiger partial charge in [-0.25, -0.2) is 4.18 Å². The summed E-state index contributed by atoms with van der Waals surface area (Å²) in [7, 11) is -1.60. The van der Waals surface area contributed by atoms with E-state index in [0.29, 0.717) is 0 Å². The van der Waals surface area contributed by atoms with Gasteiger partial charge in [0.05, 0.1) is 19.3 Å². The van der Waals surface area contributed by atoms with Crippen LogP contribution in [-0.4, -0.2) is 64.8 Å². The lowest BCUT2D eigenvalue weighted by Crippen LogP contribution is -2.59. The smallest absolute Gasteiger partial charge is 0.377 e. The number of nitrogens with two attached hydrogens (primary N) is 1. The van der Waals surface area contributed by atoms with E-state index >= 15 is 0 Å². The molecule has 0 aliphatic carbocycles. The van der Waals surface area contributed by atoms with Crippen LogP contribution in [0.1, 0.15) is 0 Å². The molecule has 1 rings (SSSR count). The van der Waals surface area contributed by atoms with E-state index in [1.165, 1.54) is 14.2 Å². The molecule has 1 aliphatic heterocycles. The van der Waals surface area contributed by atoms with Crippen molar-refractivity contribution in [1.29, 1.82) is 0 Å². The lowest BCUT2D eigenvalue weighted by Gasteiger charge is -2.39. The summed E-state index contributed by atoms with van der Waals surface area (Å²) in [4.78, 5) is 0. The molecule has 0 radical (unpaired) electrons. The predicted octanol–water partition coefficient (Wildman–Crippen LogP) is -1.44. The average molecular weight is 271 g/mol. The largest absolute Gasteiger partial charge is 0.397 e. The molecular formula is C8H17NO7S. The number of hydrogen-bond donors (Lipinski definition) is 2. The Labute approximate surface area is 99.9 Å². The average Bonchev–Trinajstić information content (AvgIpc) is 2.25. The van der Waals surface area contributed by atoms with E-state index in [0.717, 1.165) is 0 Å². The summed E-state index contributed by atoms with van der Waals surface area (Å²) in [6, 6.07) is -0.369. The molecule has 0 aromatic heterocycles. The fourth-order valence-corrected chi connectivity index (χ4v) is 2.08. The fourth-order valence-electron chi connectivity index (χ4n) is 1.77. The Balaban J connectivity index is 2.65. The zero-order valence-electron chi connectivity index (χ0n) is 9.61. The minimum atomic E-state index is -4.50. The van der Waals surface area contributed by atoms with E-state index < -0.39 is 28.7 Å². The third-order valence-electron chi connectivity index (χ3n) is 2.54. The highest BCUT2D eigenvalue weighted by Crippen LogP contribution is 2.20. The standard InChI is InChI=1S/C8H17NO7S/c1-13-7-5(9)3-15-6(8(7)14-2)4-16-17(10,11)12/h5-8H,3-4,9H2,1-2H3,(H,10,11,12)/t5-,6?,7?,8-/m1/s1. The molecule has 1 fully saturated rings. The van der Waals surface area contributed by atoms with Crippen molar-refractivity contribution in [2.75, 3.05) is 27.4 Å². The van der Waals surface area contributed by atoms with Crippen LogP contribution in [0.25, 0.3) is 0 Å². The van der Waals surface area contributed by atoms with Crippen molar-refractivity contribution in [1.82, 2.24) is 0 Å². The quantitative estimate of drug-likeness (QED) is 0.584. The van der Waals surface area contributed by atoms with Gasteiger partial charge in [0.25, 0.3) is 0 Å². The molecule has 0 saturated carbocycles. The van der Waals surface area contributed by atoms with Crippen LogP contribution in [0.2, 0.25) is 0 Å². The molecule has 0 aromatic rings. The number of ether oxygens (including phenoxy) is 3. The van der Waals surface area contributed by atoms with Crippen molar-refractivity contribution in [3.05, 3.63) is 0 Å². The number of hydrogen-bond acceptors (Lipinski definition) is 7. The van der Waals surface area contributed by atoms with Crippen LogP contribution >= 0.6 is 0 Å². The van der Waals surface area contributed by atoms with Crippen molar-refractivity contribution in [2.45, 2.75) is 24.4 Å². The van der Waals surface area contributed by atoms with E-state index in [4.69, 9.17) is 24.5 Å². The van der Waals surface area contributed by atoms with Gasteiger partial charge in [-0.1, -0.05) is 0 Å². The molecule has 8 nitrogen and oxygen atoms in total. The van der Waals surface area contributed by atoms with Gasteiger partial charge in [0, 0.05) is 14.2 Å². The fraction of sp³-hybridized carbons (Fsp3) is 1.00. The first-order valence-corrected chi connectivity index (χ1v) is 6.30. The van der Waals surface area contributed by atoms with Gasteiger partial charge in [-0.3, -0.25) is 4.55 Å². The second kappa shape index (κ2) is 6.05. The highest BCUT2D eigenvalue weighted by Gasteiger charge is 2.40. The normalized spacial score (nSPS) is 34.8. The van der Waals surface area contributed by atoms with Crippen LogP contribution in [0.5, 0.6) is 0 Å². The summed E-state index contributed by atoms with van der Waals surface area (Å²) < 4.78 is 49.3. The molecular weight excluding hydrogens is 254 g/mol. The van der Waals surface area contributed by atoms with Crippen molar-refractivity contribution < 1.29 is 31.4 Å². The lowest BCUT2D eigenvalue weighted by atomic mass is 9.99. The Morgan fingerprint density at radius 1 is 1.35 bits per heavy atom. The Morgan fingerprint density at radius 2 is 1.94 bits per heavy atom. The SMILES string of the molecule is COC1[C@H](OC)C(COS(=O)(=O)O)OC[C@H]1N. The van der Waals surface area contributed by atoms with Gasteiger partial charge in [-0.2, -0.15) is 8.42 Å². The van der Waals surface area contributed by atoms with E-state index in [9.17, 15) is 8.42 Å². The van der Waals surface area contributed by atoms with Crippen molar-refractivity contribution in [3.8, 4) is 0 Å². The third-order valence-corrected chi connectivity index (χ3v) is 2.97. The van der Waals surface area contributed by atoms with E-state index in [-0.39, 0.29) is 19.3 Å². The molecule has 2 unspecified atom stereocenters. The molecule has 17 heavy (non-hydrogen) atoms. The summed E-state index contributed by atoms with van der Waals surface area (Å²) in [5.41, 5.74) is 5.76. The maximum atomic E-state index is 10.5. The molecule has 1 heterocycles. The third kappa shape index (κ3) is 4.14. The van der Waals surface area contributed by atoms with Gasteiger partial charge in [0.1, 0.15) is 18.3 Å². The lowest BCUT2D eigenvalue weighted by molar-refractivity contribution is -0.174. The van der Waals surface area contributed by atoms with Crippen LogP contribution < -0.4 is 5.73 Å². The zero-order chi connectivity index (χ0) is 13.1. The number of rotatable bonds is 5. The van der Waals surface area contributed by atoms with Gasteiger partial charge < -0.3 is 19.9 Å². The molecule has 0 spiro atoms. The van der Waals surface area contributed by atoms with Crippen LogP contribution in [0.3, 0.4) is 0 Å². The first-order chi connectivity index (χ1) is 7.89. The monoisotopic (exact) mass is 271 g/mol. The number of methoxy groups -OCH3 is 2. The van der Waals surface area contributed by atoms with Crippen molar-refractivity contribution in [2.24, 2.45) is 5.73 Å². The summed E-state index contributed by atoms with van der Waals surface area (Å²) >= 11 is 0. The minimum absolute atomic E-state index is 0.192. The van der Waals surface area contributed by atoms with Crippen LogP contribution in [0, 0.1) is 0 Å². The molecule has 1 saturated heterocycles. The summed E-state index contributed by atoms with van der Waals surface area (Å²) in [5.74, 6) is 0. The topological polar surface area (TPSA) is 117 Å². The molecule has 1 aliphatic rings. The second-order valence-electron chi connectivity index (χ2n) is 3.65. The van der Waals surface area contributed by atoms with Crippen LogP contribution in [-0.2, 0) is 28.8 Å². The minimum Gasteiger partial charge on any atom is -0.377 e. The summed E-state index contributed by atoms with van der Waals surface area (Å²) in [6.45, 7) is -0.165. The van der Waals surface area contributed by atoms with Gasteiger partial charge in [0.2, 0.25) is 0 Å². The van der Waals surface area contributed by atoms with Crippen molar-refractivity contribution >= 4 is 10.4 Å². The first kappa shape index (κ1) is 14.8. The maximum Gasteiger partial charge on any atom is 0.397 e. The maximum absolute atomic E-state index is 10.5. The molecule has 9 heteroatoms. The predicted molar refractivity (Wildman–Crippen MR) is 56.8 cm³/mol. The first-order valence-electron chi connectivity index (χ1n) is 4.93. The molecule has 0 aromatic carbocycles. The van der Waals surface area contributed by atoms with E-state index in [2.05, 4.69) is 4.18 Å². The van der Waals surface area contributed by atoms with Gasteiger partial charge in [-0.15, -0.1) is 0 Å². The molecule has 3 N–H and O–H groups in total. The van der Waals surface area contributed by atoms with Crippen LogP contribution in [0.4, 0.5) is 0 Å².